The van der Waals surface area contributed by atoms with Crippen LogP contribution in [-0.2, 0) is 9.53 Å². The van der Waals surface area contributed by atoms with Gasteiger partial charge in [0, 0.05) is 19.2 Å². The highest BCUT2D eigenvalue weighted by molar-refractivity contribution is 5.92. The molecule has 124 valence electrons. The number of nitrogens with two attached hydrogens (primary N) is 1. The number of nitro groups is 1. The third kappa shape index (κ3) is 4.18. The maximum atomic E-state index is 11.8. The van der Waals surface area contributed by atoms with Crippen LogP contribution in [-0.4, -0.2) is 36.5 Å². The van der Waals surface area contributed by atoms with Crippen molar-refractivity contribution in [1.29, 1.82) is 0 Å². The Morgan fingerprint density at radius 2 is 2.22 bits per heavy atom. The van der Waals surface area contributed by atoms with Crippen molar-refractivity contribution in [3.8, 4) is 0 Å². The first-order valence-corrected chi connectivity index (χ1v) is 7.37. The predicted molar refractivity (Wildman–Crippen MR) is 83.2 cm³/mol. The number of esters is 1. The molecule has 0 aliphatic carbocycles. The molecule has 23 heavy (non-hydrogen) atoms. The molecule has 1 aliphatic rings. The average Bonchev–Trinajstić information content (AvgIpc) is 2.51. The lowest BCUT2D eigenvalue weighted by Crippen LogP contribution is -2.34. The summed E-state index contributed by atoms with van der Waals surface area (Å²) < 4.78 is 4.68. The largest absolute Gasteiger partial charge is 0.452 e. The van der Waals surface area contributed by atoms with Crippen LogP contribution in [0.2, 0.25) is 0 Å². The van der Waals surface area contributed by atoms with Crippen LogP contribution in [0.25, 0.3) is 0 Å². The molecule has 0 saturated carbocycles. The van der Waals surface area contributed by atoms with Crippen LogP contribution in [0.4, 0.5) is 11.4 Å². The standard InChI is InChI=1S/C15H19N3O5/c1-10-3-2-6-17(8-10)12-5-4-11(7-13(12)18(21)22)15(20)23-9-14(16)19/h4-5,7,10H,2-3,6,8-9H2,1H3,(H2,16,19)/t10-/m1/s1. The molecule has 0 bridgehead atoms. The van der Waals surface area contributed by atoms with E-state index >= 15 is 0 Å². The van der Waals surface area contributed by atoms with Crippen LogP contribution in [0.3, 0.4) is 0 Å². The van der Waals surface area contributed by atoms with Crippen LogP contribution in [0.15, 0.2) is 18.2 Å². The number of ether oxygens (including phenoxy) is 1. The van der Waals surface area contributed by atoms with E-state index in [1.807, 2.05) is 4.90 Å². The number of rotatable bonds is 5. The molecule has 1 heterocycles. The minimum atomic E-state index is -0.814. The van der Waals surface area contributed by atoms with E-state index in [4.69, 9.17) is 5.73 Å². The molecular formula is C15H19N3O5. The number of amides is 1. The first-order valence-electron chi connectivity index (χ1n) is 7.37. The van der Waals surface area contributed by atoms with Gasteiger partial charge < -0.3 is 15.4 Å². The molecule has 1 aromatic carbocycles. The zero-order valence-corrected chi connectivity index (χ0v) is 12.9. The molecule has 1 fully saturated rings. The summed E-state index contributed by atoms with van der Waals surface area (Å²) in [6.07, 6.45) is 2.07. The molecule has 1 saturated heterocycles. The van der Waals surface area contributed by atoms with Crippen molar-refractivity contribution in [2.45, 2.75) is 19.8 Å². The highest BCUT2D eigenvalue weighted by Crippen LogP contribution is 2.32. The minimum absolute atomic E-state index is 0.0201. The summed E-state index contributed by atoms with van der Waals surface area (Å²) in [6.45, 7) is 3.04. The normalized spacial score (nSPS) is 17.6. The fraction of sp³-hybridized carbons (Fsp3) is 0.467. The van der Waals surface area contributed by atoms with E-state index in [2.05, 4.69) is 11.7 Å². The number of benzene rings is 1. The van der Waals surface area contributed by atoms with E-state index in [1.54, 1.807) is 6.07 Å². The van der Waals surface area contributed by atoms with Gasteiger partial charge in [0.05, 0.1) is 10.5 Å². The number of piperidine rings is 1. The fourth-order valence-corrected chi connectivity index (χ4v) is 2.69. The second-order valence-electron chi connectivity index (χ2n) is 5.70. The number of hydrogen-bond acceptors (Lipinski definition) is 6. The van der Waals surface area contributed by atoms with Crippen LogP contribution in [0.1, 0.15) is 30.1 Å². The van der Waals surface area contributed by atoms with Crippen LogP contribution in [0, 0.1) is 16.0 Å². The highest BCUT2D eigenvalue weighted by atomic mass is 16.6. The smallest absolute Gasteiger partial charge is 0.338 e. The van der Waals surface area contributed by atoms with Gasteiger partial charge in [-0.05, 0) is 30.9 Å². The van der Waals surface area contributed by atoms with Crippen LogP contribution in [0.5, 0.6) is 0 Å². The van der Waals surface area contributed by atoms with Gasteiger partial charge in [0.2, 0.25) is 0 Å². The van der Waals surface area contributed by atoms with Gasteiger partial charge in [0.1, 0.15) is 5.69 Å². The number of carbonyl (C=O) groups excluding carboxylic acids is 2. The lowest BCUT2D eigenvalue weighted by atomic mass is 9.99. The van der Waals surface area contributed by atoms with Gasteiger partial charge in [0.15, 0.2) is 6.61 Å². The van der Waals surface area contributed by atoms with Crippen molar-refractivity contribution < 1.29 is 19.2 Å². The number of nitrogens with zero attached hydrogens (tertiary/aromatic N) is 2. The summed E-state index contributed by atoms with van der Waals surface area (Å²) in [4.78, 5) is 35.2. The van der Waals surface area contributed by atoms with Gasteiger partial charge >= 0.3 is 5.97 Å². The lowest BCUT2D eigenvalue weighted by molar-refractivity contribution is -0.384. The molecule has 8 heteroatoms. The van der Waals surface area contributed by atoms with Crippen molar-refractivity contribution in [1.82, 2.24) is 0 Å². The Morgan fingerprint density at radius 3 is 2.83 bits per heavy atom. The molecule has 1 amide bonds. The van der Waals surface area contributed by atoms with Gasteiger partial charge in [-0.1, -0.05) is 6.92 Å². The Balaban J connectivity index is 2.26. The Morgan fingerprint density at radius 1 is 1.48 bits per heavy atom. The molecule has 1 aromatic rings. The van der Waals surface area contributed by atoms with E-state index in [-0.39, 0.29) is 11.3 Å². The lowest BCUT2D eigenvalue weighted by Gasteiger charge is -2.32. The number of nitro benzene ring substituents is 1. The van der Waals surface area contributed by atoms with E-state index in [0.717, 1.165) is 25.9 Å². The number of hydrogen-bond donors (Lipinski definition) is 1. The van der Waals surface area contributed by atoms with Gasteiger partial charge in [-0.25, -0.2) is 4.79 Å². The zero-order chi connectivity index (χ0) is 17.0. The average molecular weight is 321 g/mol. The molecular weight excluding hydrogens is 302 g/mol. The van der Waals surface area contributed by atoms with Gasteiger partial charge in [0.25, 0.3) is 11.6 Å². The first kappa shape index (κ1) is 16.7. The third-order valence-corrected chi connectivity index (χ3v) is 3.75. The van der Waals surface area contributed by atoms with Crippen molar-refractivity contribution in [2.75, 3.05) is 24.6 Å². The minimum Gasteiger partial charge on any atom is -0.452 e. The first-order chi connectivity index (χ1) is 10.9. The van der Waals surface area contributed by atoms with Gasteiger partial charge in [-0.15, -0.1) is 0 Å². The summed E-state index contributed by atoms with van der Waals surface area (Å²) in [5.74, 6) is -1.14. The second kappa shape index (κ2) is 7.08. The highest BCUT2D eigenvalue weighted by Gasteiger charge is 2.25. The number of carbonyl (C=O) groups is 2. The molecule has 0 radical (unpaired) electrons. The summed E-state index contributed by atoms with van der Waals surface area (Å²) in [5.41, 5.74) is 5.27. The second-order valence-corrected chi connectivity index (χ2v) is 5.70. The van der Waals surface area contributed by atoms with E-state index in [9.17, 15) is 19.7 Å². The number of primary amides is 1. The summed E-state index contributed by atoms with van der Waals surface area (Å²) in [6, 6.07) is 4.19. The van der Waals surface area contributed by atoms with E-state index < -0.39 is 23.4 Å². The summed E-state index contributed by atoms with van der Waals surface area (Å²) in [5, 5.41) is 11.3. The Bertz CT molecular complexity index is 632. The molecule has 1 atom stereocenters. The maximum absolute atomic E-state index is 11.8. The molecule has 2 N–H and O–H groups in total. The van der Waals surface area contributed by atoms with Crippen LogP contribution >= 0.6 is 0 Å². The Kier molecular flexibility index (Phi) is 5.15. The summed E-state index contributed by atoms with van der Waals surface area (Å²) in [7, 11) is 0. The Hall–Kier alpha value is -2.64. The van der Waals surface area contributed by atoms with Crippen molar-refractivity contribution in [3.05, 3.63) is 33.9 Å². The third-order valence-electron chi connectivity index (χ3n) is 3.75. The van der Waals surface area contributed by atoms with Crippen molar-refractivity contribution in [2.24, 2.45) is 11.7 Å². The Labute approximate surface area is 133 Å². The molecule has 2 rings (SSSR count). The zero-order valence-electron chi connectivity index (χ0n) is 12.9. The quantitative estimate of drug-likeness (QED) is 0.499. The van der Waals surface area contributed by atoms with Crippen molar-refractivity contribution in [3.63, 3.8) is 0 Å². The predicted octanol–water partition coefficient (Wildman–Crippen LogP) is 1.47. The monoisotopic (exact) mass is 321 g/mol. The molecule has 8 nitrogen and oxygen atoms in total. The molecule has 0 unspecified atom stereocenters. The maximum Gasteiger partial charge on any atom is 0.338 e. The summed E-state index contributed by atoms with van der Waals surface area (Å²) >= 11 is 0. The molecule has 0 aromatic heterocycles. The number of anilines is 1. The molecule has 0 spiro atoms. The topological polar surface area (TPSA) is 116 Å². The van der Waals surface area contributed by atoms with E-state index in [1.165, 1.54) is 12.1 Å². The SMILES string of the molecule is C[C@@H]1CCCN(c2ccc(C(=O)OCC(N)=O)cc2[N+](=O)[O-])C1. The molecule has 1 aliphatic heterocycles. The van der Waals surface area contributed by atoms with Gasteiger partial charge in [-0.3, -0.25) is 14.9 Å². The van der Waals surface area contributed by atoms with E-state index in [0.29, 0.717) is 11.6 Å². The van der Waals surface area contributed by atoms with Gasteiger partial charge in [-0.2, -0.15) is 0 Å². The van der Waals surface area contributed by atoms with Crippen LogP contribution < -0.4 is 10.6 Å². The van der Waals surface area contributed by atoms with Crippen molar-refractivity contribution >= 4 is 23.3 Å². The fourth-order valence-electron chi connectivity index (χ4n) is 2.69.